The number of amides is 1. The highest BCUT2D eigenvalue weighted by atomic mass is 16.4. The molecule has 3 rings (SSSR count). The lowest BCUT2D eigenvalue weighted by atomic mass is 10.2. The normalized spacial score (nSPS) is 10.5. The van der Waals surface area contributed by atoms with E-state index >= 15 is 0 Å². The van der Waals surface area contributed by atoms with Crippen molar-refractivity contribution in [2.45, 2.75) is 0 Å². The molecule has 2 aromatic carbocycles. The first-order valence-corrected chi connectivity index (χ1v) is 6.39. The SMILES string of the molecule is O=C([O-])Nc1ccc(-n2c(=O)[nH]c3ccccc3c2=O)cc1. The molecule has 7 nitrogen and oxygen atoms in total. The van der Waals surface area contributed by atoms with Gasteiger partial charge in [-0.05, 0) is 36.4 Å². The van der Waals surface area contributed by atoms with Crippen LogP contribution in [0.1, 0.15) is 0 Å². The van der Waals surface area contributed by atoms with E-state index < -0.39 is 17.3 Å². The van der Waals surface area contributed by atoms with Crippen molar-refractivity contribution in [1.29, 1.82) is 0 Å². The van der Waals surface area contributed by atoms with Crippen LogP contribution in [0.25, 0.3) is 16.6 Å². The summed E-state index contributed by atoms with van der Waals surface area (Å²) in [5.41, 5.74) is 0.0724. The number of anilines is 1. The molecule has 2 N–H and O–H groups in total. The summed E-state index contributed by atoms with van der Waals surface area (Å²) < 4.78 is 0.991. The van der Waals surface area contributed by atoms with Gasteiger partial charge >= 0.3 is 5.69 Å². The first-order valence-electron chi connectivity index (χ1n) is 6.39. The standard InChI is InChI=1S/C15H11N3O4/c19-13-11-3-1-2-4-12(11)17-14(20)18(13)10-7-5-9(6-8-10)16-15(21)22/h1-8,16H,(H,17,20)(H,21,22)/p-1. The zero-order chi connectivity index (χ0) is 15.7. The van der Waals surface area contributed by atoms with E-state index in [2.05, 4.69) is 10.3 Å². The fourth-order valence-electron chi connectivity index (χ4n) is 2.21. The Morgan fingerprint density at radius 3 is 2.41 bits per heavy atom. The summed E-state index contributed by atoms with van der Waals surface area (Å²) in [6, 6.07) is 12.5. The number of aromatic amines is 1. The highest BCUT2D eigenvalue weighted by molar-refractivity contribution is 5.81. The van der Waals surface area contributed by atoms with E-state index in [1.165, 1.54) is 24.3 Å². The van der Waals surface area contributed by atoms with Crippen molar-refractivity contribution in [3.63, 3.8) is 0 Å². The Balaban J connectivity index is 2.16. The average molecular weight is 296 g/mol. The Hall–Kier alpha value is -3.35. The number of fused-ring (bicyclic) bond motifs is 1. The van der Waals surface area contributed by atoms with Gasteiger partial charge in [-0.15, -0.1) is 0 Å². The summed E-state index contributed by atoms with van der Waals surface area (Å²) in [6.45, 7) is 0. The lowest BCUT2D eigenvalue weighted by molar-refractivity contribution is -0.242. The van der Waals surface area contributed by atoms with Crippen molar-refractivity contribution in [3.8, 4) is 5.69 Å². The number of nitrogens with one attached hydrogen (secondary N) is 2. The Morgan fingerprint density at radius 1 is 1.05 bits per heavy atom. The van der Waals surface area contributed by atoms with Gasteiger partial charge in [0, 0.05) is 5.69 Å². The van der Waals surface area contributed by atoms with Crippen LogP contribution >= 0.6 is 0 Å². The number of benzene rings is 2. The fourth-order valence-corrected chi connectivity index (χ4v) is 2.21. The van der Waals surface area contributed by atoms with Crippen LogP contribution in [-0.2, 0) is 0 Å². The monoisotopic (exact) mass is 296 g/mol. The van der Waals surface area contributed by atoms with Gasteiger partial charge in [-0.3, -0.25) is 4.79 Å². The molecule has 0 saturated heterocycles. The molecule has 3 aromatic rings. The third-order valence-corrected chi connectivity index (χ3v) is 3.18. The summed E-state index contributed by atoms with van der Waals surface area (Å²) in [5.74, 6) is 0. The second kappa shape index (κ2) is 5.21. The van der Waals surface area contributed by atoms with Crippen LogP contribution in [0.4, 0.5) is 10.5 Å². The summed E-state index contributed by atoms with van der Waals surface area (Å²) in [7, 11) is 0. The first-order chi connectivity index (χ1) is 10.6. The van der Waals surface area contributed by atoms with Gasteiger partial charge in [0.05, 0.1) is 16.6 Å². The lowest BCUT2D eigenvalue weighted by Gasteiger charge is -2.09. The van der Waals surface area contributed by atoms with Crippen molar-refractivity contribution in [2.75, 3.05) is 5.32 Å². The first kappa shape index (κ1) is 13.6. The highest BCUT2D eigenvalue weighted by Crippen LogP contribution is 2.11. The maximum atomic E-state index is 12.4. The number of para-hydroxylation sites is 1. The molecular formula is C15H10N3O4-. The molecule has 0 bridgehead atoms. The van der Waals surface area contributed by atoms with Gasteiger partial charge in [0.1, 0.15) is 6.09 Å². The molecule has 0 aliphatic heterocycles. The third-order valence-electron chi connectivity index (χ3n) is 3.18. The molecule has 22 heavy (non-hydrogen) atoms. The molecular weight excluding hydrogens is 286 g/mol. The molecule has 7 heteroatoms. The molecule has 0 saturated carbocycles. The van der Waals surface area contributed by atoms with Crippen molar-refractivity contribution >= 4 is 22.7 Å². The predicted octanol–water partition coefficient (Wildman–Crippen LogP) is 0.434. The van der Waals surface area contributed by atoms with Crippen LogP contribution in [0.3, 0.4) is 0 Å². The van der Waals surface area contributed by atoms with Crippen LogP contribution < -0.4 is 21.7 Å². The molecule has 0 fully saturated rings. The van der Waals surface area contributed by atoms with Gasteiger partial charge < -0.3 is 20.2 Å². The van der Waals surface area contributed by atoms with E-state index in [1.807, 2.05) is 0 Å². The molecule has 0 radical (unpaired) electrons. The van der Waals surface area contributed by atoms with Crippen molar-refractivity contribution in [1.82, 2.24) is 9.55 Å². The van der Waals surface area contributed by atoms with Gasteiger partial charge in [0.2, 0.25) is 0 Å². The van der Waals surface area contributed by atoms with E-state index in [0.717, 1.165) is 4.57 Å². The number of hydrogen-bond donors (Lipinski definition) is 2. The Bertz CT molecular complexity index is 970. The van der Waals surface area contributed by atoms with Crippen molar-refractivity contribution in [3.05, 3.63) is 69.4 Å². The highest BCUT2D eigenvalue weighted by Gasteiger charge is 2.08. The Labute approximate surface area is 123 Å². The number of hydrogen-bond acceptors (Lipinski definition) is 4. The van der Waals surface area contributed by atoms with E-state index in [9.17, 15) is 19.5 Å². The molecule has 1 heterocycles. The van der Waals surface area contributed by atoms with Gasteiger partial charge in [-0.1, -0.05) is 12.1 Å². The molecule has 0 unspecified atom stereocenters. The quantitative estimate of drug-likeness (QED) is 0.715. The molecule has 0 atom stereocenters. The molecule has 110 valence electrons. The fraction of sp³-hybridized carbons (Fsp3) is 0. The largest absolute Gasteiger partial charge is 0.530 e. The molecule has 0 spiro atoms. The molecule has 1 amide bonds. The van der Waals surface area contributed by atoms with E-state index in [1.54, 1.807) is 24.3 Å². The summed E-state index contributed by atoms with van der Waals surface area (Å²) in [6.07, 6.45) is -1.44. The summed E-state index contributed by atoms with van der Waals surface area (Å²) in [4.78, 5) is 37.6. The Kier molecular flexibility index (Phi) is 3.23. The van der Waals surface area contributed by atoms with Crippen LogP contribution in [0, 0.1) is 0 Å². The second-order valence-electron chi connectivity index (χ2n) is 4.58. The summed E-state index contributed by atoms with van der Waals surface area (Å²) in [5, 5.41) is 12.9. The van der Waals surface area contributed by atoms with E-state index in [0.29, 0.717) is 16.6 Å². The van der Waals surface area contributed by atoms with Crippen LogP contribution in [0.5, 0.6) is 0 Å². The van der Waals surface area contributed by atoms with Crippen molar-refractivity contribution < 1.29 is 9.90 Å². The number of nitrogens with zero attached hydrogens (tertiary/aromatic N) is 1. The maximum Gasteiger partial charge on any atom is 0.333 e. The smallest absolute Gasteiger partial charge is 0.333 e. The molecule has 0 aliphatic carbocycles. The number of aromatic nitrogens is 2. The zero-order valence-corrected chi connectivity index (χ0v) is 11.2. The second-order valence-corrected chi connectivity index (χ2v) is 4.58. The number of rotatable bonds is 2. The van der Waals surface area contributed by atoms with Gasteiger partial charge in [0.15, 0.2) is 0 Å². The number of H-pyrrole nitrogens is 1. The van der Waals surface area contributed by atoms with Gasteiger partial charge in [0.25, 0.3) is 5.56 Å². The molecule has 0 aliphatic rings. The van der Waals surface area contributed by atoms with E-state index in [-0.39, 0.29) is 5.69 Å². The average Bonchev–Trinajstić information content (AvgIpc) is 2.48. The Morgan fingerprint density at radius 2 is 1.73 bits per heavy atom. The number of carboxylic acid groups (broad SMARTS) is 1. The predicted molar refractivity (Wildman–Crippen MR) is 79.2 cm³/mol. The lowest BCUT2D eigenvalue weighted by Crippen LogP contribution is -2.33. The summed E-state index contributed by atoms with van der Waals surface area (Å²) >= 11 is 0. The van der Waals surface area contributed by atoms with Gasteiger partial charge in [-0.25, -0.2) is 9.36 Å². The van der Waals surface area contributed by atoms with Crippen LogP contribution in [-0.4, -0.2) is 15.6 Å². The van der Waals surface area contributed by atoms with E-state index in [4.69, 9.17) is 0 Å². The molecule has 1 aromatic heterocycles. The van der Waals surface area contributed by atoms with Crippen molar-refractivity contribution in [2.24, 2.45) is 0 Å². The third kappa shape index (κ3) is 2.35. The minimum atomic E-state index is -1.44. The van der Waals surface area contributed by atoms with Gasteiger partial charge in [-0.2, -0.15) is 0 Å². The minimum Gasteiger partial charge on any atom is -0.530 e. The maximum absolute atomic E-state index is 12.4. The minimum absolute atomic E-state index is 0.286. The number of carbonyl (C=O) groups is 1. The van der Waals surface area contributed by atoms with Crippen LogP contribution in [0.15, 0.2) is 58.1 Å². The number of carbonyl (C=O) groups excluding carboxylic acids is 1. The zero-order valence-electron chi connectivity index (χ0n) is 11.2. The van der Waals surface area contributed by atoms with Crippen LogP contribution in [0.2, 0.25) is 0 Å². The topological polar surface area (TPSA) is 107 Å².